The van der Waals surface area contributed by atoms with Crippen molar-refractivity contribution in [2.75, 3.05) is 5.75 Å². The van der Waals surface area contributed by atoms with E-state index >= 15 is 0 Å². The molecule has 0 aromatic rings. The second-order valence-electron chi connectivity index (χ2n) is 1.32. The molecule has 0 saturated heterocycles. The fraction of sp³-hybridized carbons (Fsp3) is 1.00. The van der Waals surface area contributed by atoms with E-state index in [4.69, 9.17) is 0 Å². The summed E-state index contributed by atoms with van der Waals surface area (Å²) >= 11 is 6.17. The van der Waals surface area contributed by atoms with Crippen molar-refractivity contribution in [2.45, 2.75) is 24.9 Å². The first-order valence-corrected chi connectivity index (χ1v) is 4.17. The van der Waals surface area contributed by atoms with Gasteiger partial charge in [0.1, 0.15) is 0 Å². The summed E-state index contributed by atoms with van der Waals surface area (Å²) in [5.41, 5.74) is 0. The highest BCUT2D eigenvalue weighted by Crippen LogP contribution is 2.16. The van der Waals surface area contributed by atoms with Crippen LogP contribution in [0.5, 0.6) is 0 Å². The molecule has 2 heteroatoms. The van der Waals surface area contributed by atoms with Crippen molar-refractivity contribution in [1.82, 2.24) is 0 Å². The normalized spacial score (nSPS) is 14.1. The third-order valence-electron chi connectivity index (χ3n) is 0.708. The van der Waals surface area contributed by atoms with Crippen LogP contribution in [0.2, 0.25) is 0 Å². The van der Waals surface area contributed by atoms with Gasteiger partial charge in [0.25, 0.3) is 0 Å². The van der Waals surface area contributed by atoms with Gasteiger partial charge in [-0.3, -0.25) is 0 Å². The summed E-state index contributed by atoms with van der Waals surface area (Å²) in [5.74, 6) is 1.18. The lowest BCUT2D eigenvalue weighted by Gasteiger charge is -2.01. The minimum Gasteiger partial charge on any atom is -0.165 e. The minimum absolute atomic E-state index is 0.560. The molecule has 1 atom stereocenters. The van der Waals surface area contributed by atoms with Gasteiger partial charge in [0, 0.05) is 4.58 Å². The summed E-state index contributed by atoms with van der Waals surface area (Å²) in [6.45, 7) is 4.31. The van der Waals surface area contributed by atoms with E-state index in [1.165, 1.54) is 12.2 Å². The van der Waals surface area contributed by atoms with Crippen LogP contribution in [-0.2, 0) is 0 Å². The van der Waals surface area contributed by atoms with Gasteiger partial charge in [0.15, 0.2) is 0 Å². The van der Waals surface area contributed by atoms with Crippen LogP contribution in [0, 0.1) is 0 Å². The average Bonchev–Trinajstić information content (AvgIpc) is 1.68. The molecule has 0 radical (unpaired) electrons. The van der Waals surface area contributed by atoms with Gasteiger partial charge in [-0.25, -0.2) is 0 Å². The molecule has 7 heavy (non-hydrogen) atoms. The average molecular weight is 136 g/mol. The Hall–Kier alpha value is 0.700. The van der Waals surface area contributed by atoms with E-state index in [2.05, 4.69) is 26.5 Å². The maximum absolute atomic E-state index is 4.27. The maximum atomic E-state index is 4.27. The third kappa shape index (κ3) is 4.56. The van der Waals surface area contributed by atoms with Gasteiger partial charge in [0.2, 0.25) is 0 Å². The Labute approximate surface area is 55.5 Å². The maximum Gasteiger partial charge on any atom is 0.0469 e. The van der Waals surface area contributed by atoms with E-state index in [1.807, 2.05) is 11.8 Å². The molecule has 0 saturated carbocycles. The summed E-state index contributed by atoms with van der Waals surface area (Å²) in [4.78, 5) is 0. The van der Waals surface area contributed by atoms with Gasteiger partial charge in [-0.05, 0) is 12.2 Å². The van der Waals surface area contributed by atoms with Crippen LogP contribution >= 0.6 is 24.4 Å². The van der Waals surface area contributed by atoms with Gasteiger partial charge in [-0.2, -0.15) is 12.6 Å². The number of thiol groups is 1. The van der Waals surface area contributed by atoms with Crippen LogP contribution in [0.25, 0.3) is 0 Å². The fourth-order valence-electron chi connectivity index (χ4n) is 0.310. The molecule has 1 unspecified atom stereocenters. The molecule has 0 rings (SSSR count). The first-order chi connectivity index (χ1) is 3.31. The largest absolute Gasteiger partial charge is 0.165 e. The molecule has 0 aromatic heterocycles. The molecule has 44 valence electrons. The molecule has 0 bridgehead atoms. The molecule has 0 amide bonds. The van der Waals surface area contributed by atoms with Crippen molar-refractivity contribution in [1.29, 1.82) is 0 Å². The molecule has 0 heterocycles. The standard InChI is InChI=1S/C5H12S2/c1-3-5(6)7-4-2/h5-6H,3-4H2,1-2H3. The quantitative estimate of drug-likeness (QED) is 0.459. The molecule has 0 nitrogen and oxygen atoms in total. The van der Waals surface area contributed by atoms with E-state index in [-0.39, 0.29) is 0 Å². The predicted octanol–water partition coefficient (Wildman–Crippen LogP) is 2.41. The molecule has 0 N–H and O–H groups in total. The molecular formula is C5H12S2. The molecular weight excluding hydrogens is 124 g/mol. The molecule has 0 aliphatic carbocycles. The van der Waals surface area contributed by atoms with E-state index in [1.54, 1.807) is 0 Å². The molecule has 0 aliphatic rings. The Morgan fingerprint density at radius 2 is 2.14 bits per heavy atom. The van der Waals surface area contributed by atoms with E-state index in [0.29, 0.717) is 4.58 Å². The lowest BCUT2D eigenvalue weighted by Crippen LogP contribution is -1.87. The highest BCUT2D eigenvalue weighted by Gasteiger charge is 1.93. The Bertz CT molecular complexity index is 37.1. The minimum atomic E-state index is 0.560. The van der Waals surface area contributed by atoms with Gasteiger partial charge in [-0.1, -0.05) is 13.8 Å². The Morgan fingerprint density at radius 3 is 2.29 bits per heavy atom. The van der Waals surface area contributed by atoms with E-state index in [9.17, 15) is 0 Å². The predicted molar refractivity (Wildman–Crippen MR) is 41.2 cm³/mol. The number of hydrogen-bond donors (Lipinski definition) is 1. The van der Waals surface area contributed by atoms with E-state index < -0.39 is 0 Å². The highest BCUT2D eigenvalue weighted by molar-refractivity contribution is 8.10. The molecule has 0 fully saturated rings. The van der Waals surface area contributed by atoms with Crippen molar-refractivity contribution in [3.63, 3.8) is 0 Å². The van der Waals surface area contributed by atoms with Crippen LogP contribution in [0.4, 0.5) is 0 Å². The Balaban J connectivity index is 2.83. The zero-order chi connectivity index (χ0) is 5.70. The summed E-state index contributed by atoms with van der Waals surface area (Å²) in [7, 11) is 0. The first-order valence-electron chi connectivity index (χ1n) is 2.61. The summed E-state index contributed by atoms with van der Waals surface area (Å²) in [6, 6.07) is 0. The molecule has 0 aliphatic heterocycles. The summed E-state index contributed by atoms with van der Waals surface area (Å²) in [5, 5.41) is 0. The second kappa shape index (κ2) is 4.85. The zero-order valence-corrected chi connectivity index (χ0v) is 6.56. The Kier molecular flexibility index (Phi) is 5.33. The molecule has 0 spiro atoms. The van der Waals surface area contributed by atoms with E-state index in [0.717, 1.165) is 0 Å². The van der Waals surface area contributed by atoms with Crippen LogP contribution < -0.4 is 0 Å². The van der Waals surface area contributed by atoms with Crippen molar-refractivity contribution in [3.05, 3.63) is 0 Å². The van der Waals surface area contributed by atoms with Crippen LogP contribution in [0.1, 0.15) is 20.3 Å². The van der Waals surface area contributed by atoms with Gasteiger partial charge in [-0.15, -0.1) is 11.8 Å². The fourth-order valence-corrected chi connectivity index (χ4v) is 1.38. The molecule has 0 aromatic carbocycles. The number of rotatable bonds is 3. The van der Waals surface area contributed by atoms with Crippen LogP contribution in [0.3, 0.4) is 0 Å². The van der Waals surface area contributed by atoms with Gasteiger partial charge >= 0.3 is 0 Å². The highest BCUT2D eigenvalue weighted by atomic mass is 32.2. The monoisotopic (exact) mass is 136 g/mol. The van der Waals surface area contributed by atoms with Gasteiger partial charge in [0.05, 0.1) is 0 Å². The summed E-state index contributed by atoms with van der Waals surface area (Å²) < 4.78 is 0.560. The van der Waals surface area contributed by atoms with Crippen LogP contribution in [-0.4, -0.2) is 10.3 Å². The SMILES string of the molecule is CCSC(S)CC. The van der Waals surface area contributed by atoms with Crippen molar-refractivity contribution in [2.24, 2.45) is 0 Å². The third-order valence-corrected chi connectivity index (χ3v) is 2.57. The number of hydrogen-bond acceptors (Lipinski definition) is 2. The lowest BCUT2D eigenvalue weighted by atomic mass is 10.6. The van der Waals surface area contributed by atoms with Crippen molar-refractivity contribution >= 4 is 24.4 Å². The lowest BCUT2D eigenvalue weighted by molar-refractivity contribution is 1.06. The van der Waals surface area contributed by atoms with Crippen molar-refractivity contribution in [3.8, 4) is 0 Å². The van der Waals surface area contributed by atoms with Crippen LogP contribution in [0.15, 0.2) is 0 Å². The Morgan fingerprint density at radius 1 is 1.57 bits per heavy atom. The first kappa shape index (κ1) is 7.70. The second-order valence-corrected chi connectivity index (χ2v) is 3.77. The number of thioether (sulfide) groups is 1. The summed E-state index contributed by atoms with van der Waals surface area (Å²) in [6.07, 6.45) is 1.17. The topological polar surface area (TPSA) is 0 Å². The van der Waals surface area contributed by atoms with Crippen molar-refractivity contribution < 1.29 is 0 Å². The zero-order valence-electron chi connectivity index (χ0n) is 4.85. The van der Waals surface area contributed by atoms with Gasteiger partial charge < -0.3 is 0 Å². The smallest absolute Gasteiger partial charge is 0.0469 e.